The summed E-state index contributed by atoms with van der Waals surface area (Å²) < 4.78 is 16.9. The molecule has 0 bridgehead atoms. The Morgan fingerprint density at radius 2 is 1.86 bits per heavy atom. The number of carbonyl (C=O) groups is 1. The fourth-order valence-electron chi connectivity index (χ4n) is 3.23. The summed E-state index contributed by atoms with van der Waals surface area (Å²) in [5.74, 6) is -0.148. The van der Waals surface area contributed by atoms with E-state index in [2.05, 4.69) is 15.6 Å². The number of nitrogens with one attached hydrogen (secondary N) is 1. The van der Waals surface area contributed by atoms with Crippen LogP contribution in [-0.4, -0.2) is 25.5 Å². The average molecular weight is 389 g/mol. The number of aryl methyl sites for hydroxylation is 1. The van der Waals surface area contributed by atoms with E-state index in [9.17, 15) is 9.18 Å². The fourth-order valence-corrected chi connectivity index (χ4v) is 3.23. The van der Waals surface area contributed by atoms with E-state index in [1.54, 1.807) is 21.4 Å². The van der Waals surface area contributed by atoms with Gasteiger partial charge in [-0.15, -0.1) is 5.10 Å². The number of hydrogen-bond acceptors (Lipinski definition) is 3. The van der Waals surface area contributed by atoms with Crippen LogP contribution in [0, 0.1) is 5.82 Å². The first-order valence-corrected chi connectivity index (χ1v) is 9.36. The molecule has 4 rings (SSSR count). The third-order valence-electron chi connectivity index (χ3n) is 4.64. The van der Waals surface area contributed by atoms with Crippen LogP contribution in [0.2, 0.25) is 0 Å². The van der Waals surface area contributed by atoms with E-state index < -0.39 is 0 Å². The zero-order valence-electron chi connectivity index (χ0n) is 15.9. The van der Waals surface area contributed by atoms with Crippen LogP contribution in [0.15, 0.2) is 73.1 Å². The molecule has 2 aromatic heterocycles. The third kappa shape index (κ3) is 3.94. The van der Waals surface area contributed by atoms with Crippen LogP contribution in [0.25, 0.3) is 5.82 Å². The summed E-state index contributed by atoms with van der Waals surface area (Å²) in [6.07, 6.45) is 4.43. The Morgan fingerprint density at radius 1 is 1.07 bits per heavy atom. The van der Waals surface area contributed by atoms with Crippen LogP contribution in [0.5, 0.6) is 0 Å². The number of anilines is 1. The molecule has 0 saturated carbocycles. The molecule has 7 heteroatoms. The van der Waals surface area contributed by atoms with Crippen LogP contribution in [0.4, 0.5) is 10.1 Å². The van der Waals surface area contributed by atoms with E-state index in [1.807, 2.05) is 55.7 Å². The van der Waals surface area contributed by atoms with Gasteiger partial charge in [0.05, 0.1) is 6.54 Å². The maximum Gasteiger partial charge on any atom is 0.280 e. The van der Waals surface area contributed by atoms with E-state index in [1.165, 1.54) is 12.1 Å². The standard InChI is InChI=1S/C22H20FN5O/c1-2-17-9-3-4-11-19(17)24-21(29)20-22(27-12-5-6-13-27)28(26-25-20)15-16-8-7-10-18(23)14-16/h3-14H,2,15H2,1H3,(H,24,29). The van der Waals surface area contributed by atoms with Crippen molar-refractivity contribution in [1.29, 1.82) is 0 Å². The number of aromatic nitrogens is 4. The molecular formula is C22H20FN5O. The van der Waals surface area contributed by atoms with Crippen molar-refractivity contribution in [2.45, 2.75) is 19.9 Å². The van der Waals surface area contributed by atoms with E-state index >= 15 is 0 Å². The smallest absolute Gasteiger partial charge is 0.280 e. The lowest BCUT2D eigenvalue weighted by atomic mass is 10.1. The van der Waals surface area contributed by atoms with Gasteiger partial charge in [-0.1, -0.05) is 42.5 Å². The lowest BCUT2D eigenvalue weighted by Crippen LogP contribution is -2.17. The molecule has 0 saturated heterocycles. The third-order valence-corrected chi connectivity index (χ3v) is 4.64. The summed E-state index contributed by atoms with van der Waals surface area (Å²) in [5.41, 5.74) is 2.71. The van der Waals surface area contributed by atoms with Crippen molar-refractivity contribution in [3.63, 3.8) is 0 Å². The van der Waals surface area contributed by atoms with Crippen molar-refractivity contribution in [3.05, 3.63) is 95.7 Å². The molecule has 0 aliphatic heterocycles. The summed E-state index contributed by atoms with van der Waals surface area (Å²) in [5, 5.41) is 11.2. The highest BCUT2D eigenvalue weighted by atomic mass is 19.1. The van der Waals surface area contributed by atoms with Gasteiger partial charge in [0.15, 0.2) is 11.5 Å². The summed E-state index contributed by atoms with van der Waals surface area (Å²) in [7, 11) is 0. The number of nitrogens with zero attached hydrogens (tertiary/aromatic N) is 4. The Kier molecular flexibility index (Phi) is 5.20. The van der Waals surface area contributed by atoms with E-state index in [4.69, 9.17) is 0 Å². The molecule has 6 nitrogen and oxygen atoms in total. The van der Waals surface area contributed by atoms with Crippen LogP contribution < -0.4 is 5.32 Å². The summed E-state index contributed by atoms with van der Waals surface area (Å²) in [6, 6.07) is 17.7. The minimum atomic E-state index is -0.347. The normalized spacial score (nSPS) is 10.8. The molecule has 0 unspecified atom stereocenters. The molecule has 2 heterocycles. The molecule has 0 atom stereocenters. The number of carbonyl (C=O) groups excluding carboxylic acids is 1. The number of rotatable bonds is 6. The van der Waals surface area contributed by atoms with E-state index in [0.29, 0.717) is 5.82 Å². The number of halogens is 1. The fraction of sp³-hybridized carbons (Fsp3) is 0.136. The molecule has 2 aromatic carbocycles. The number of para-hydroxylation sites is 1. The minimum Gasteiger partial charge on any atom is -0.320 e. The molecule has 0 aliphatic rings. The number of benzene rings is 2. The summed E-state index contributed by atoms with van der Waals surface area (Å²) in [4.78, 5) is 13.0. The second-order valence-electron chi connectivity index (χ2n) is 6.60. The summed E-state index contributed by atoms with van der Waals surface area (Å²) in [6.45, 7) is 2.32. The highest BCUT2D eigenvalue weighted by molar-refractivity contribution is 6.05. The molecule has 4 aromatic rings. The predicted octanol–water partition coefficient (Wildman–Crippen LogP) is 4.07. The Hall–Kier alpha value is -3.74. The second-order valence-corrected chi connectivity index (χ2v) is 6.60. The SMILES string of the molecule is CCc1ccccc1NC(=O)c1nnn(Cc2cccc(F)c2)c1-n1cccc1. The molecular weight excluding hydrogens is 369 g/mol. The molecule has 0 radical (unpaired) electrons. The highest BCUT2D eigenvalue weighted by Gasteiger charge is 2.22. The van der Waals surface area contributed by atoms with Gasteiger partial charge in [-0.2, -0.15) is 0 Å². The quantitative estimate of drug-likeness (QED) is 0.541. The molecule has 0 fully saturated rings. The molecule has 29 heavy (non-hydrogen) atoms. The lowest BCUT2D eigenvalue weighted by molar-refractivity contribution is 0.102. The zero-order chi connectivity index (χ0) is 20.2. The van der Waals surface area contributed by atoms with Gasteiger partial charge in [-0.05, 0) is 47.9 Å². The van der Waals surface area contributed by atoms with Gasteiger partial charge in [0.1, 0.15) is 5.82 Å². The molecule has 1 amide bonds. The first-order chi connectivity index (χ1) is 14.2. The first-order valence-electron chi connectivity index (χ1n) is 9.36. The average Bonchev–Trinajstić information content (AvgIpc) is 3.38. The van der Waals surface area contributed by atoms with Gasteiger partial charge in [0, 0.05) is 18.1 Å². The van der Waals surface area contributed by atoms with Gasteiger partial charge in [0.2, 0.25) is 0 Å². The first kappa shape index (κ1) is 18.6. The van der Waals surface area contributed by atoms with Crippen LogP contribution in [0.1, 0.15) is 28.5 Å². The zero-order valence-corrected chi connectivity index (χ0v) is 15.9. The van der Waals surface area contributed by atoms with Crippen molar-refractivity contribution in [2.75, 3.05) is 5.32 Å². The van der Waals surface area contributed by atoms with Crippen molar-refractivity contribution < 1.29 is 9.18 Å². The molecule has 1 N–H and O–H groups in total. The maximum absolute atomic E-state index is 13.6. The van der Waals surface area contributed by atoms with Crippen molar-refractivity contribution in [1.82, 2.24) is 19.6 Å². The lowest BCUT2D eigenvalue weighted by Gasteiger charge is -2.11. The van der Waals surface area contributed by atoms with Crippen molar-refractivity contribution in [3.8, 4) is 5.82 Å². The van der Waals surface area contributed by atoms with E-state index in [-0.39, 0.29) is 24.0 Å². The molecule has 0 aliphatic carbocycles. The minimum absolute atomic E-state index is 0.198. The topological polar surface area (TPSA) is 64.7 Å². The van der Waals surface area contributed by atoms with Crippen LogP contribution in [0.3, 0.4) is 0 Å². The van der Waals surface area contributed by atoms with Gasteiger partial charge < -0.3 is 9.88 Å². The van der Waals surface area contributed by atoms with Crippen LogP contribution in [-0.2, 0) is 13.0 Å². The monoisotopic (exact) mass is 389 g/mol. The largest absolute Gasteiger partial charge is 0.320 e. The predicted molar refractivity (Wildman–Crippen MR) is 109 cm³/mol. The highest BCUT2D eigenvalue weighted by Crippen LogP contribution is 2.20. The Labute approximate surface area is 167 Å². The Morgan fingerprint density at radius 3 is 2.62 bits per heavy atom. The van der Waals surface area contributed by atoms with Gasteiger partial charge in [0.25, 0.3) is 5.91 Å². The second kappa shape index (κ2) is 8.10. The Balaban J connectivity index is 1.70. The van der Waals surface area contributed by atoms with E-state index in [0.717, 1.165) is 23.2 Å². The Bertz CT molecular complexity index is 1130. The van der Waals surface area contributed by atoms with Gasteiger partial charge in [-0.3, -0.25) is 4.79 Å². The van der Waals surface area contributed by atoms with Gasteiger partial charge in [-0.25, -0.2) is 9.07 Å². The molecule has 0 spiro atoms. The number of amides is 1. The maximum atomic E-state index is 13.6. The summed E-state index contributed by atoms with van der Waals surface area (Å²) >= 11 is 0. The van der Waals surface area contributed by atoms with Crippen LogP contribution >= 0.6 is 0 Å². The number of hydrogen-bond donors (Lipinski definition) is 1. The van der Waals surface area contributed by atoms with Gasteiger partial charge >= 0.3 is 0 Å². The van der Waals surface area contributed by atoms with Crippen molar-refractivity contribution in [2.24, 2.45) is 0 Å². The van der Waals surface area contributed by atoms with Crippen molar-refractivity contribution >= 4 is 11.6 Å². The molecule has 146 valence electrons.